The summed E-state index contributed by atoms with van der Waals surface area (Å²) in [5, 5.41) is 14.8. The zero-order valence-corrected chi connectivity index (χ0v) is 12.4. The van der Waals surface area contributed by atoms with Crippen molar-refractivity contribution in [1.29, 1.82) is 0 Å². The van der Waals surface area contributed by atoms with Crippen molar-refractivity contribution in [3.8, 4) is 0 Å². The van der Waals surface area contributed by atoms with Crippen LogP contribution in [0.1, 0.15) is 37.2 Å². The summed E-state index contributed by atoms with van der Waals surface area (Å²) < 4.78 is 0. The third kappa shape index (κ3) is 4.93. The molecule has 2 rings (SSSR count). The number of carbonyl (C=O) groups excluding carboxylic acids is 1. The van der Waals surface area contributed by atoms with E-state index in [0.29, 0.717) is 18.9 Å². The Bertz CT molecular complexity index is 498. The van der Waals surface area contributed by atoms with Crippen molar-refractivity contribution in [1.82, 2.24) is 10.6 Å². The molecule has 0 atom stereocenters. The van der Waals surface area contributed by atoms with Gasteiger partial charge in [0.15, 0.2) is 0 Å². The quantitative estimate of drug-likeness (QED) is 0.707. The number of rotatable bonds is 6. The minimum atomic E-state index is -0.845. The second-order valence-electron chi connectivity index (χ2n) is 5.31. The highest BCUT2D eigenvalue weighted by Crippen LogP contribution is 2.37. The molecule has 0 radical (unpaired) electrons. The zero-order chi connectivity index (χ0) is 15.2. The number of carboxylic acids is 1. The molecule has 1 aliphatic carbocycles. The summed E-state index contributed by atoms with van der Waals surface area (Å²) in [7, 11) is 0. The van der Waals surface area contributed by atoms with Crippen molar-refractivity contribution in [2.24, 2.45) is 0 Å². The van der Waals surface area contributed by atoms with E-state index in [1.807, 2.05) is 24.3 Å². The first-order valence-electron chi connectivity index (χ1n) is 7.06. The van der Waals surface area contributed by atoms with Crippen LogP contribution in [0.3, 0.4) is 0 Å². The fourth-order valence-electron chi connectivity index (χ4n) is 2.42. The first-order chi connectivity index (χ1) is 10.0. The first kappa shape index (κ1) is 15.6. The van der Waals surface area contributed by atoms with Gasteiger partial charge >= 0.3 is 12.0 Å². The topological polar surface area (TPSA) is 78.4 Å². The van der Waals surface area contributed by atoms with Crippen LogP contribution in [0.25, 0.3) is 0 Å². The van der Waals surface area contributed by atoms with Crippen LogP contribution < -0.4 is 10.6 Å². The van der Waals surface area contributed by atoms with Gasteiger partial charge in [-0.25, -0.2) is 4.79 Å². The molecule has 1 aliphatic rings. The molecule has 1 aromatic rings. The summed E-state index contributed by atoms with van der Waals surface area (Å²) in [6, 6.07) is 7.77. The number of halogens is 1. The molecule has 0 spiro atoms. The van der Waals surface area contributed by atoms with Crippen LogP contribution in [0.15, 0.2) is 24.3 Å². The molecule has 0 aliphatic heterocycles. The zero-order valence-electron chi connectivity index (χ0n) is 11.6. The molecule has 0 bridgehead atoms. The van der Waals surface area contributed by atoms with Crippen LogP contribution in [0.5, 0.6) is 0 Å². The van der Waals surface area contributed by atoms with E-state index in [4.69, 9.17) is 16.7 Å². The Morgan fingerprint density at radius 1 is 1.24 bits per heavy atom. The van der Waals surface area contributed by atoms with E-state index in [1.165, 1.54) is 5.56 Å². The number of aliphatic carboxylic acids is 1. The Balaban J connectivity index is 1.62. The van der Waals surface area contributed by atoms with Gasteiger partial charge in [0.25, 0.3) is 0 Å². The number of hydrogen-bond acceptors (Lipinski definition) is 2. The number of nitrogens with one attached hydrogen (secondary N) is 2. The predicted octanol–water partition coefficient (Wildman–Crippen LogP) is 2.75. The number of carbonyl (C=O) groups is 2. The minimum absolute atomic E-state index is 0.0718. The van der Waals surface area contributed by atoms with Gasteiger partial charge in [-0.1, -0.05) is 23.7 Å². The van der Waals surface area contributed by atoms with Crippen molar-refractivity contribution in [3.63, 3.8) is 0 Å². The molecule has 6 heteroatoms. The van der Waals surface area contributed by atoms with Crippen LogP contribution in [0.2, 0.25) is 5.02 Å². The van der Waals surface area contributed by atoms with Crippen molar-refractivity contribution in [3.05, 3.63) is 34.9 Å². The normalized spacial score (nSPS) is 20.4. The Hall–Kier alpha value is -1.75. The molecule has 1 fully saturated rings. The largest absolute Gasteiger partial charge is 0.481 e. The molecule has 5 nitrogen and oxygen atoms in total. The fraction of sp³-hybridized carbons (Fsp3) is 0.467. The number of urea groups is 1. The maximum absolute atomic E-state index is 11.6. The van der Waals surface area contributed by atoms with Gasteiger partial charge < -0.3 is 15.7 Å². The molecule has 1 saturated carbocycles. The van der Waals surface area contributed by atoms with Crippen LogP contribution in [0, 0.1) is 0 Å². The van der Waals surface area contributed by atoms with Crippen LogP contribution in [-0.2, 0) is 4.79 Å². The lowest BCUT2D eigenvalue weighted by atomic mass is 9.76. The van der Waals surface area contributed by atoms with Gasteiger partial charge in [-0.15, -0.1) is 0 Å². The predicted molar refractivity (Wildman–Crippen MR) is 80.6 cm³/mol. The van der Waals surface area contributed by atoms with Crippen molar-refractivity contribution in [2.75, 3.05) is 6.54 Å². The standard InChI is InChI=1S/C15H19ClN2O3/c16-12-5-3-10(4-6-12)11-8-13(9-11)18-15(21)17-7-1-2-14(19)20/h3-6,11,13H,1-2,7-9H2,(H,19,20)(H2,17,18,21). The third-order valence-electron chi connectivity index (χ3n) is 3.67. The molecular formula is C15H19ClN2O3. The summed E-state index contributed by atoms with van der Waals surface area (Å²) in [5.74, 6) is -0.374. The molecule has 0 heterocycles. The lowest BCUT2D eigenvalue weighted by Gasteiger charge is -2.36. The van der Waals surface area contributed by atoms with Crippen molar-refractivity contribution < 1.29 is 14.7 Å². The average molecular weight is 311 g/mol. The lowest BCUT2D eigenvalue weighted by molar-refractivity contribution is -0.137. The van der Waals surface area contributed by atoms with Gasteiger partial charge in [-0.3, -0.25) is 4.79 Å². The monoisotopic (exact) mass is 310 g/mol. The van der Waals surface area contributed by atoms with Gasteiger partial charge in [0.05, 0.1) is 0 Å². The summed E-state index contributed by atoms with van der Waals surface area (Å²) >= 11 is 5.85. The van der Waals surface area contributed by atoms with Gasteiger partial charge in [0, 0.05) is 24.0 Å². The van der Waals surface area contributed by atoms with Gasteiger partial charge in [-0.2, -0.15) is 0 Å². The smallest absolute Gasteiger partial charge is 0.315 e. The SMILES string of the molecule is O=C(O)CCCNC(=O)NC1CC(c2ccc(Cl)cc2)C1. The molecule has 21 heavy (non-hydrogen) atoms. The maximum atomic E-state index is 11.6. The number of benzene rings is 1. The van der Waals surface area contributed by atoms with E-state index in [-0.39, 0.29) is 18.5 Å². The average Bonchev–Trinajstić information content (AvgIpc) is 2.40. The second kappa shape index (κ2) is 7.31. The number of carboxylic acid groups (broad SMARTS) is 1. The molecule has 114 valence electrons. The van der Waals surface area contributed by atoms with E-state index < -0.39 is 5.97 Å². The van der Waals surface area contributed by atoms with Crippen LogP contribution >= 0.6 is 11.6 Å². The van der Waals surface area contributed by atoms with E-state index in [1.54, 1.807) is 0 Å². The first-order valence-corrected chi connectivity index (χ1v) is 7.44. The second-order valence-corrected chi connectivity index (χ2v) is 5.75. The van der Waals surface area contributed by atoms with Crippen LogP contribution in [0.4, 0.5) is 4.79 Å². The molecule has 2 amide bonds. The highest BCUT2D eigenvalue weighted by Gasteiger charge is 2.31. The maximum Gasteiger partial charge on any atom is 0.315 e. The van der Waals surface area contributed by atoms with E-state index in [9.17, 15) is 9.59 Å². The third-order valence-corrected chi connectivity index (χ3v) is 3.92. The molecule has 3 N–H and O–H groups in total. The van der Waals surface area contributed by atoms with E-state index in [0.717, 1.165) is 17.9 Å². The lowest BCUT2D eigenvalue weighted by Crippen LogP contribution is -2.47. The summed E-state index contributed by atoms with van der Waals surface area (Å²) in [6.45, 7) is 0.380. The van der Waals surface area contributed by atoms with Crippen LogP contribution in [-0.4, -0.2) is 29.7 Å². The molecular weight excluding hydrogens is 292 g/mol. The Morgan fingerprint density at radius 3 is 2.52 bits per heavy atom. The van der Waals surface area contributed by atoms with Gasteiger partial charge in [0.1, 0.15) is 0 Å². The molecule has 0 unspecified atom stereocenters. The minimum Gasteiger partial charge on any atom is -0.481 e. The Kier molecular flexibility index (Phi) is 5.44. The van der Waals surface area contributed by atoms with Crippen molar-refractivity contribution >= 4 is 23.6 Å². The molecule has 1 aromatic carbocycles. The van der Waals surface area contributed by atoms with E-state index in [2.05, 4.69) is 10.6 Å². The van der Waals surface area contributed by atoms with E-state index >= 15 is 0 Å². The van der Waals surface area contributed by atoms with Gasteiger partial charge in [-0.05, 0) is 42.9 Å². The Labute approximate surface area is 128 Å². The van der Waals surface area contributed by atoms with Gasteiger partial charge in [0.2, 0.25) is 0 Å². The Morgan fingerprint density at radius 2 is 1.90 bits per heavy atom. The summed E-state index contributed by atoms with van der Waals surface area (Å²) in [5.41, 5.74) is 1.25. The number of amides is 2. The highest BCUT2D eigenvalue weighted by atomic mass is 35.5. The van der Waals surface area contributed by atoms with Crippen molar-refractivity contribution in [2.45, 2.75) is 37.6 Å². The molecule has 0 saturated heterocycles. The fourth-order valence-corrected chi connectivity index (χ4v) is 2.55. The highest BCUT2D eigenvalue weighted by molar-refractivity contribution is 6.30. The number of hydrogen-bond donors (Lipinski definition) is 3. The summed E-state index contributed by atoms with van der Waals surface area (Å²) in [6.07, 6.45) is 2.36. The molecule has 0 aromatic heterocycles. The summed E-state index contributed by atoms with van der Waals surface area (Å²) in [4.78, 5) is 21.9.